The van der Waals surface area contributed by atoms with Crippen molar-refractivity contribution in [1.82, 2.24) is 4.72 Å². The highest BCUT2D eigenvalue weighted by Crippen LogP contribution is 2.27. The maximum absolute atomic E-state index is 12.5. The maximum Gasteiger partial charge on any atom is 0.242 e. The molecule has 1 unspecified atom stereocenters. The van der Waals surface area contributed by atoms with Gasteiger partial charge in [-0.2, -0.15) is 0 Å². The fraction of sp³-hybridized carbons (Fsp3) is 0.500. The number of nitrogens with two attached hydrogens (primary N) is 1. The van der Waals surface area contributed by atoms with Crippen molar-refractivity contribution in [3.8, 4) is 0 Å². The molecule has 0 heterocycles. The molecular formula is C12H18Br2N2O2S. The quantitative estimate of drug-likeness (QED) is 0.779. The molecule has 1 aromatic carbocycles. The van der Waals surface area contributed by atoms with E-state index in [4.69, 9.17) is 5.73 Å². The van der Waals surface area contributed by atoms with Gasteiger partial charge < -0.3 is 5.73 Å². The summed E-state index contributed by atoms with van der Waals surface area (Å²) in [6.07, 6.45) is 0. The molecule has 0 bridgehead atoms. The summed E-state index contributed by atoms with van der Waals surface area (Å²) < 4.78 is 28.9. The van der Waals surface area contributed by atoms with E-state index in [0.29, 0.717) is 8.95 Å². The third kappa shape index (κ3) is 4.01. The van der Waals surface area contributed by atoms with E-state index in [-0.39, 0.29) is 17.4 Å². The molecule has 1 aromatic rings. The van der Waals surface area contributed by atoms with E-state index in [9.17, 15) is 8.42 Å². The summed E-state index contributed by atoms with van der Waals surface area (Å²) in [6.45, 7) is 5.91. The molecule has 0 aliphatic heterocycles. The van der Waals surface area contributed by atoms with Crippen LogP contribution in [0.3, 0.4) is 0 Å². The number of halogens is 2. The average molecular weight is 414 g/mol. The van der Waals surface area contributed by atoms with Gasteiger partial charge >= 0.3 is 0 Å². The first-order valence-electron chi connectivity index (χ1n) is 5.81. The Hall–Kier alpha value is 0.0500. The number of hydrogen-bond donors (Lipinski definition) is 2. The SMILES string of the molecule is CC(C)C(C)(CN)NS(=O)(=O)c1cc(Br)ccc1Br. The van der Waals surface area contributed by atoms with Crippen LogP contribution in [0.2, 0.25) is 0 Å². The number of rotatable bonds is 5. The minimum Gasteiger partial charge on any atom is -0.329 e. The maximum atomic E-state index is 12.5. The summed E-state index contributed by atoms with van der Waals surface area (Å²) in [5, 5.41) is 0. The van der Waals surface area contributed by atoms with Crippen molar-refractivity contribution in [2.75, 3.05) is 6.54 Å². The summed E-state index contributed by atoms with van der Waals surface area (Å²) in [7, 11) is -3.64. The van der Waals surface area contributed by atoms with Gasteiger partial charge in [0.15, 0.2) is 0 Å². The molecular weight excluding hydrogens is 396 g/mol. The molecule has 0 aromatic heterocycles. The minimum absolute atomic E-state index is 0.0817. The van der Waals surface area contributed by atoms with Crippen molar-refractivity contribution in [2.24, 2.45) is 11.7 Å². The van der Waals surface area contributed by atoms with Gasteiger partial charge in [0.05, 0.1) is 4.90 Å². The Morgan fingerprint density at radius 1 is 1.37 bits per heavy atom. The van der Waals surface area contributed by atoms with Crippen LogP contribution in [0.1, 0.15) is 20.8 Å². The molecule has 4 nitrogen and oxygen atoms in total. The van der Waals surface area contributed by atoms with Gasteiger partial charge in [-0.15, -0.1) is 0 Å². The molecule has 0 saturated heterocycles. The lowest BCUT2D eigenvalue weighted by molar-refractivity contribution is 0.315. The Morgan fingerprint density at radius 3 is 2.42 bits per heavy atom. The molecule has 1 atom stereocenters. The molecule has 0 amide bonds. The zero-order valence-electron chi connectivity index (χ0n) is 11.1. The Balaban J connectivity index is 3.22. The van der Waals surface area contributed by atoms with Crippen LogP contribution in [-0.2, 0) is 10.0 Å². The first kappa shape index (κ1) is 17.1. The minimum atomic E-state index is -3.64. The average Bonchev–Trinajstić information content (AvgIpc) is 2.31. The third-order valence-electron chi connectivity index (χ3n) is 3.25. The Morgan fingerprint density at radius 2 is 1.95 bits per heavy atom. The molecule has 0 aliphatic carbocycles. The van der Waals surface area contributed by atoms with Gasteiger partial charge in [0.2, 0.25) is 10.0 Å². The van der Waals surface area contributed by atoms with Gasteiger partial charge in [-0.05, 0) is 47.0 Å². The lowest BCUT2D eigenvalue weighted by atomic mass is 9.90. The fourth-order valence-corrected chi connectivity index (χ4v) is 4.49. The normalized spacial score (nSPS) is 15.5. The van der Waals surface area contributed by atoms with Crippen molar-refractivity contribution in [3.05, 3.63) is 27.1 Å². The summed E-state index contributed by atoms with van der Waals surface area (Å²) in [6, 6.07) is 5.02. The van der Waals surface area contributed by atoms with E-state index < -0.39 is 15.6 Å². The van der Waals surface area contributed by atoms with Crippen LogP contribution >= 0.6 is 31.9 Å². The summed E-state index contributed by atoms with van der Waals surface area (Å²) in [4.78, 5) is 0.196. The van der Waals surface area contributed by atoms with Crippen LogP contribution in [-0.4, -0.2) is 20.5 Å². The second-order valence-corrected chi connectivity index (χ2v) is 8.38. The molecule has 1 rings (SSSR count). The first-order valence-corrected chi connectivity index (χ1v) is 8.88. The molecule has 108 valence electrons. The van der Waals surface area contributed by atoms with Gasteiger partial charge in [0.1, 0.15) is 0 Å². The highest BCUT2D eigenvalue weighted by Gasteiger charge is 2.33. The van der Waals surface area contributed by atoms with Crippen LogP contribution in [0.4, 0.5) is 0 Å². The van der Waals surface area contributed by atoms with E-state index in [2.05, 4.69) is 36.6 Å². The molecule has 3 N–H and O–H groups in total. The summed E-state index contributed by atoms with van der Waals surface area (Å²) in [5.41, 5.74) is 5.03. The van der Waals surface area contributed by atoms with Gasteiger partial charge in [0, 0.05) is 21.0 Å². The number of nitrogens with one attached hydrogen (secondary N) is 1. The number of hydrogen-bond acceptors (Lipinski definition) is 3. The van der Waals surface area contributed by atoms with Gasteiger partial charge in [-0.25, -0.2) is 13.1 Å². The van der Waals surface area contributed by atoms with E-state index in [1.807, 2.05) is 13.8 Å². The first-order chi connectivity index (χ1) is 8.62. The van der Waals surface area contributed by atoms with Gasteiger partial charge in [0.25, 0.3) is 0 Å². The summed E-state index contributed by atoms with van der Waals surface area (Å²) >= 11 is 6.54. The van der Waals surface area contributed by atoms with Crippen molar-refractivity contribution >= 4 is 41.9 Å². The molecule has 0 aliphatic rings. The molecule has 7 heteroatoms. The van der Waals surface area contributed by atoms with E-state index >= 15 is 0 Å². The van der Waals surface area contributed by atoms with Crippen molar-refractivity contribution in [3.63, 3.8) is 0 Å². The predicted molar refractivity (Wildman–Crippen MR) is 84.5 cm³/mol. The fourth-order valence-electron chi connectivity index (χ4n) is 1.44. The molecule has 0 spiro atoms. The predicted octanol–water partition coefficient (Wildman–Crippen LogP) is 2.86. The summed E-state index contributed by atoms with van der Waals surface area (Å²) in [5.74, 6) is 0.0817. The molecule has 0 fully saturated rings. The number of benzene rings is 1. The number of sulfonamides is 1. The Bertz CT molecular complexity index is 561. The highest BCUT2D eigenvalue weighted by molar-refractivity contribution is 9.11. The van der Waals surface area contributed by atoms with Crippen LogP contribution in [0.15, 0.2) is 32.0 Å². The second kappa shape index (κ2) is 6.22. The van der Waals surface area contributed by atoms with Crippen LogP contribution in [0.25, 0.3) is 0 Å². The molecule has 19 heavy (non-hydrogen) atoms. The van der Waals surface area contributed by atoms with E-state index in [1.165, 1.54) is 0 Å². The lowest BCUT2D eigenvalue weighted by Crippen LogP contribution is -2.54. The Kier molecular flexibility index (Phi) is 5.60. The topological polar surface area (TPSA) is 72.2 Å². The van der Waals surface area contributed by atoms with E-state index in [1.54, 1.807) is 25.1 Å². The van der Waals surface area contributed by atoms with Crippen LogP contribution < -0.4 is 10.5 Å². The zero-order valence-corrected chi connectivity index (χ0v) is 15.1. The third-order valence-corrected chi connectivity index (χ3v) is 6.35. The van der Waals surface area contributed by atoms with Gasteiger partial charge in [-0.1, -0.05) is 29.8 Å². The highest BCUT2D eigenvalue weighted by atomic mass is 79.9. The monoisotopic (exact) mass is 412 g/mol. The largest absolute Gasteiger partial charge is 0.329 e. The zero-order chi connectivity index (χ0) is 14.8. The standard InChI is InChI=1S/C12H18Br2N2O2S/c1-8(2)12(3,7-15)16-19(17,18)11-6-9(13)4-5-10(11)14/h4-6,8,16H,7,15H2,1-3H3. The van der Waals surface area contributed by atoms with Crippen LogP contribution in [0, 0.1) is 5.92 Å². The second-order valence-electron chi connectivity index (χ2n) is 4.96. The van der Waals surface area contributed by atoms with Crippen molar-refractivity contribution in [2.45, 2.75) is 31.2 Å². The Labute approximate surface area is 131 Å². The van der Waals surface area contributed by atoms with E-state index in [0.717, 1.165) is 0 Å². The van der Waals surface area contributed by atoms with Crippen molar-refractivity contribution < 1.29 is 8.42 Å². The van der Waals surface area contributed by atoms with Crippen molar-refractivity contribution in [1.29, 1.82) is 0 Å². The van der Waals surface area contributed by atoms with Crippen LogP contribution in [0.5, 0.6) is 0 Å². The molecule has 0 saturated carbocycles. The lowest BCUT2D eigenvalue weighted by Gasteiger charge is -2.33. The molecule has 0 radical (unpaired) electrons. The van der Waals surface area contributed by atoms with Gasteiger partial charge in [-0.3, -0.25) is 0 Å². The smallest absolute Gasteiger partial charge is 0.242 e.